The molecule has 20 heavy (non-hydrogen) atoms. The number of hydrogen-bond donors (Lipinski definition) is 1. The van der Waals surface area contributed by atoms with E-state index in [9.17, 15) is 0 Å². The van der Waals surface area contributed by atoms with Gasteiger partial charge in [-0.1, -0.05) is 48.9 Å². The summed E-state index contributed by atoms with van der Waals surface area (Å²) >= 11 is 5.53. The summed E-state index contributed by atoms with van der Waals surface area (Å²) in [5.74, 6) is 0.919. The molecule has 2 nitrogen and oxygen atoms in total. The summed E-state index contributed by atoms with van der Waals surface area (Å²) in [6.45, 7) is 4.47. The van der Waals surface area contributed by atoms with Crippen LogP contribution in [0.2, 0.25) is 0 Å². The van der Waals surface area contributed by atoms with Crippen LogP contribution in [0.3, 0.4) is 0 Å². The average Bonchev–Trinajstić information content (AvgIpc) is 2.49. The topological polar surface area (TPSA) is 21.3 Å². The van der Waals surface area contributed by atoms with Gasteiger partial charge in [-0.15, -0.1) is 0 Å². The van der Waals surface area contributed by atoms with Crippen LogP contribution in [-0.4, -0.2) is 13.2 Å². The Morgan fingerprint density at radius 3 is 2.85 bits per heavy atom. The van der Waals surface area contributed by atoms with Gasteiger partial charge >= 0.3 is 0 Å². The molecule has 0 radical (unpaired) electrons. The SMILES string of the molecule is CCCNCc1c(OC/C=C/Cl)ccc2ccccc12. The van der Waals surface area contributed by atoms with Gasteiger partial charge in [0.15, 0.2) is 0 Å². The second kappa shape index (κ2) is 7.93. The van der Waals surface area contributed by atoms with Crippen LogP contribution in [-0.2, 0) is 6.54 Å². The standard InChI is InChI=1S/C17H20ClNO/c1-2-11-19-13-16-15-7-4-3-6-14(15)8-9-17(16)20-12-5-10-18/h3-10,19H,2,11-13H2,1H3/b10-5+. The maximum atomic E-state index is 5.81. The Labute approximate surface area is 125 Å². The van der Waals surface area contributed by atoms with E-state index in [0.717, 1.165) is 25.3 Å². The van der Waals surface area contributed by atoms with Crippen molar-refractivity contribution in [2.75, 3.05) is 13.2 Å². The van der Waals surface area contributed by atoms with Crippen molar-refractivity contribution in [2.24, 2.45) is 0 Å². The van der Waals surface area contributed by atoms with Crippen molar-refractivity contribution in [1.29, 1.82) is 0 Å². The van der Waals surface area contributed by atoms with Gasteiger partial charge in [0.1, 0.15) is 12.4 Å². The van der Waals surface area contributed by atoms with Crippen LogP contribution in [0.25, 0.3) is 10.8 Å². The third-order valence-corrected chi connectivity index (χ3v) is 3.33. The summed E-state index contributed by atoms with van der Waals surface area (Å²) in [5.41, 5.74) is 2.69. The Bertz CT molecular complexity index is 580. The molecule has 0 heterocycles. The molecule has 0 aliphatic carbocycles. The van der Waals surface area contributed by atoms with Crippen molar-refractivity contribution in [3.05, 3.63) is 53.6 Å². The minimum atomic E-state index is 0.489. The predicted octanol–water partition coefficient (Wildman–Crippen LogP) is 4.47. The van der Waals surface area contributed by atoms with E-state index in [1.807, 2.05) is 6.07 Å². The number of nitrogens with one attached hydrogen (secondary N) is 1. The minimum Gasteiger partial charge on any atom is -0.489 e. The highest BCUT2D eigenvalue weighted by Gasteiger charge is 2.08. The van der Waals surface area contributed by atoms with Crippen LogP contribution in [0.4, 0.5) is 0 Å². The molecule has 0 unspecified atom stereocenters. The number of halogens is 1. The van der Waals surface area contributed by atoms with Crippen molar-refractivity contribution >= 4 is 22.4 Å². The van der Waals surface area contributed by atoms with Gasteiger partial charge in [0.2, 0.25) is 0 Å². The summed E-state index contributed by atoms with van der Waals surface area (Å²) in [5, 5.41) is 5.93. The number of hydrogen-bond acceptors (Lipinski definition) is 2. The lowest BCUT2D eigenvalue weighted by Crippen LogP contribution is -2.15. The van der Waals surface area contributed by atoms with Gasteiger partial charge in [0.05, 0.1) is 0 Å². The molecule has 0 aliphatic heterocycles. The van der Waals surface area contributed by atoms with Crippen LogP contribution < -0.4 is 10.1 Å². The predicted molar refractivity (Wildman–Crippen MR) is 86.4 cm³/mol. The number of benzene rings is 2. The first-order valence-electron chi connectivity index (χ1n) is 6.96. The lowest BCUT2D eigenvalue weighted by Gasteiger charge is -2.14. The maximum absolute atomic E-state index is 5.81. The highest BCUT2D eigenvalue weighted by atomic mass is 35.5. The third-order valence-electron chi connectivity index (χ3n) is 3.15. The highest BCUT2D eigenvalue weighted by molar-refractivity contribution is 6.25. The third kappa shape index (κ3) is 3.75. The van der Waals surface area contributed by atoms with E-state index in [4.69, 9.17) is 16.3 Å². The molecule has 0 bridgehead atoms. The summed E-state index contributed by atoms with van der Waals surface area (Å²) in [6, 6.07) is 12.5. The van der Waals surface area contributed by atoms with Gasteiger partial charge in [-0.25, -0.2) is 0 Å². The van der Waals surface area contributed by atoms with E-state index in [1.54, 1.807) is 6.08 Å². The fraction of sp³-hybridized carbons (Fsp3) is 0.294. The molecular weight excluding hydrogens is 270 g/mol. The van der Waals surface area contributed by atoms with Crippen molar-refractivity contribution in [3.8, 4) is 5.75 Å². The Hall–Kier alpha value is -1.51. The Morgan fingerprint density at radius 2 is 2.05 bits per heavy atom. The molecule has 106 valence electrons. The molecule has 2 rings (SSSR count). The van der Waals surface area contributed by atoms with E-state index in [2.05, 4.69) is 42.6 Å². The lowest BCUT2D eigenvalue weighted by atomic mass is 10.0. The van der Waals surface area contributed by atoms with Crippen molar-refractivity contribution in [3.63, 3.8) is 0 Å². The second-order valence-corrected chi connectivity index (χ2v) is 4.86. The van der Waals surface area contributed by atoms with Crippen LogP contribution in [0.15, 0.2) is 48.0 Å². The maximum Gasteiger partial charge on any atom is 0.124 e. The van der Waals surface area contributed by atoms with Crippen molar-refractivity contribution < 1.29 is 4.74 Å². The zero-order chi connectivity index (χ0) is 14.2. The average molecular weight is 290 g/mol. The van der Waals surface area contributed by atoms with Gasteiger partial charge in [-0.05, 0) is 35.9 Å². The molecule has 0 fully saturated rings. The van der Waals surface area contributed by atoms with Crippen LogP contribution >= 0.6 is 11.6 Å². The quantitative estimate of drug-likeness (QED) is 0.759. The van der Waals surface area contributed by atoms with Crippen LogP contribution in [0.5, 0.6) is 5.75 Å². The van der Waals surface area contributed by atoms with E-state index in [-0.39, 0.29) is 0 Å². The first-order chi connectivity index (χ1) is 9.86. The minimum absolute atomic E-state index is 0.489. The van der Waals surface area contributed by atoms with Gasteiger partial charge in [-0.2, -0.15) is 0 Å². The van der Waals surface area contributed by atoms with Crippen molar-refractivity contribution in [1.82, 2.24) is 5.32 Å². The molecule has 0 aromatic heterocycles. The van der Waals surface area contributed by atoms with E-state index in [1.165, 1.54) is 21.9 Å². The Morgan fingerprint density at radius 1 is 1.20 bits per heavy atom. The van der Waals surface area contributed by atoms with Crippen LogP contribution in [0.1, 0.15) is 18.9 Å². The van der Waals surface area contributed by atoms with E-state index in [0.29, 0.717) is 6.61 Å². The molecule has 0 atom stereocenters. The lowest BCUT2D eigenvalue weighted by molar-refractivity contribution is 0.358. The fourth-order valence-electron chi connectivity index (χ4n) is 2.20. The summed E-state index contributed by atoms with van der Waals surface area (Å²) < 4.78 is 5.81. The fourth-order valence-corrected chi connectivity index (χ4v) is 2.27. The Kier molecular flexibility index (Phi) is 5.90. The zero-order valence-electron chi connectivity index (χ0n) is 11.7. The molecule has 0 amide bonds. The molecule has 0 saturated heterocycles. The zero-order valence-corrected chi connectivity index (χ0v) is 12.5. The van der Waals surface area contributed by atoms with Gasteiger partial charge < -0.3 is 10.1 Å². The molecule has 0 saturated carbocycles. The van der Waals surface area contributed by atoms with Gasteiger partial charge in [0.25, 0.3) is 0 Å². The largest absolute Gasteiger partial charge is 0.489 e. The number of ether oxygens (including phenoxy) is 1. The monoisotopic (exact) mass is 289 g/mol. The molecule has 1 N–H and O–H groups in total. The van der Waals surface area contributed by atoms with Crippen LogP contribution in [0, 0.1) is 0 Å². The highest BCUT2D eigenvalue weighted by Crippen LogP contribution is 2.28. The molecule has 3 heteroatoms. The molecule has 0 spiro atoms. The number of fused-ring (bicyclic) bond motifs is 1. The second-order valence-electron chi connectivity index (χ2n) is 4.61. The summed E-state index contributed by atoms with van der Waals surface area (Å²) in [4.78, 5) is 0. The molecular formula is C17H20ClNO. The van der Waals surface area contributed by atoms with Gasteiger partial charge in [0, 0.05) is 17.6 Å². The first kappa shape index (κ1) is 14.9. The normalized spacial score (nSPS) is 11.3. The van der Waals surface area contributed by atoms with E-state index < -0.39 is 0 Å². The molecule has 2 aromatic rings. The summed E-state index contributed by atoms with van der Waals surface area (Å²) in [7, 11) is 0. The first-order valence-corrected chi connectivity index (χ1v) is 7.39. The summed E-state index contributed by atoms with van der Waals surface area (Å²) in [6.07, 6.45) is 2.91. The molecule has 0 aliphatic rings. The van der Waals surface area contributed by atoms with Crippen molar-refractivity contribution in [2.45, 2.75) is 19.9 Å². The Balaban J connectivity index is 2.31. The molecule has 2 aromatic carbocycles. The number of rotatable bonds is 7. The smallest absolute Gasteiger partial charge is 0.124 e. The van der Waals surface area contributed by atoms with E-state index >= 15 is 0 Å². The van der Waals surface area contributed by atoms with Gasteiger partial charge in [-0.3, -0.25) is 0 Å².